The Morgan fingerprint density at radius 2 is 1.82 bits per heavy atom. The minimum Gasteiger partial charge on any atom is -0.356 e. The summed E-state index contributed by atoms with van der Waals surface area (Å²) < 4.78 is 0. The van der Waals surface area contributed by atoms with Gasteiger partial charge in [-0.05, 0) is 19.8 Å². The van der Waals surface area contributed by atoms with Crippen molar-refractivity contribution in [1.29, 1.82) is 0 Å². The van der Waals surface area contributed by atoms with Gasteiger partial charge in [-0.1, -0.05) is 18.6 Å². The summed E-state index contributed by atoms with van der Waals surface area (Å²) in [5.41, 5.74) is 1.35. The minimum absolute atomic E-state index is 0.0411. The second kappa shape index (κ2) is 7.09. The van der Waals surface area contributed by atoms with Crippen LogP contribution in [0.2, 0.25) is 0 Å². The molecule has 0 aromatic carbocycles. The summed E-state index contributed by atoms with van der Waals surface area (Å²) in [5.74, 6) is 0.563. The molecule has 96 valence electrons. The molecule has 17 heavy (non-hydrogen) atoms. The highest BCUT2D eigenvalue weighted by Gasteiger charge is 2.19. The van der Waals surface area contributed by atoms with E-state index < -0.39 is 0 Å². The fraction of sp³-hybridized carbons (Fsp3) is 0.692. The lowest BCUT2D eigenvalue weighted by Gasteiger charge is -2.05. The second-order valence-electron chi connectivity index (χ2n) is 4.52. The monoisotopic (exact) mass is 238 g/mol. The first-order chi connectivity index (χ1) is 8.13. The smallest absolute Gasteiger partial charge is 0.220 e. The first-order valence-corrected chi connectivity index (χ1v) is 6.35. The summed E-state index contributed by atoms with van der Waals surface area (Å²) in [5, 5.41) is 5.66. The summed E-state index contributed by atoms with van der Waals surface area (Å²) in [6, 6.07) is 0. The predicted octanol–water partition coefficient (Wildman–Crippen LogP) is 1.38. The standard InChI is InChI=1S/C13H22N2O2/c1-3-7-14-12(16)5-4-6-13(17)15-9-11-8-10(11)2/h8,11H,3-7,9H2,1-2H3,(H,14,16)(H,15,17). The number of carbonyl (C=O) groups is 2. The van der Waals surface area contributed by atoms with Gasteiger partial charge >= 0.3 is 0 Å². The topological polar surface area (TPSA) is 58.2 Å². The molecule has 4 heteroatoms. The Kier molecular flexibility index (Phi) is 5.73. The molecule has 1 aliphatic carbocycles. The molecule has 0 aromatic rings. The van der Waals surface area contributed by atoms with Crippen LogP contribution in [0.25, 0.3) is 0 Å². The molecule has 0 spiro atoms. The zero-order chi connectivity index (χ0) is 12.7. The molecule has 2 amide bonds. The fourth-order valence-corrected chi connectivity index (χ4v) is 1.56. The van der Waals surface area contributed by atoms with Gasteiger partial charge in [-0.15, -0.1) is 0 Å². The summed E-state index contributed by atoms with van der Waals surface area (Å²) >= 11 is 0. The van der Waals surface area contributed by atoms with E-state index >= 15 is 0 Å². The molecule has 0 bridgehead atoms. The Morgan fingerprint density at radius 1 is 1.24 bits per heavy atom. The molecule has 1 aliphatic rings. The zero-order valence-electron chi connectivity index (χ0n) is 10.7. The molecule has 2 N–H and O–H groups in total. The van der Waals surface area contributed by atoms with E-state index in [1.165, 1.54) is 5.57 Å². The minimum atomic E-state index is 0.0411. The van der Waals surface area contributed by atoms with E-state index in [-0.39, 0.29) is 11.8 Å². The normalized spacial score (nSPS) is 17.3. The van der Waals surface area contributed by atoms with Crippen LogP contribution in [0.4, 0.5) is 0 Å². The van der Waals surface area contributed by atoms with Gasteiger partial charge in [-0.25, -0.2) is 0 Å². The van der Waals surface area contributed by atoms with E-state index in [4.69, 9.17) is 0 Å². The summed E-state index contributed by atoms with van der Waals surface area (Å²) in [4.78, 5) is 22.7. The van der Waals surface area contributed by atoms with Crippen LogP contribution >= 0.6 is 0 Å². The summed E-state index contributed by atoms with van der Waals surface area (Å²) in [6.07, 6.45) is 4.58. The van der Waals surface area contributed by atoms with Crippen LogP contribution in [-0.4, -0.2) is 24.9 Å². The average molecular weight is 238 g/mol. The molecule has 1 rings (SSSR count). The number of hydrogen-bond acceptors (Lipinski definition) is 2. The van der Waals surface area contributed by atoms with Gasteiger partial charge in [0.1, 0.15) is 0 Å². The van der Waals surface area contributed by atoms with E-state index in [2.05, 4.69) is 23.6 Å². The van der Waals surface area contributed by atoms with Gasteiger partial charge in [-0.3, -0.25) is 9.59 Å². The third-order valence-electron chi connectivity index (χ3n) is 2.84. The van der Waals surface area contributed by atoms with Crippen LogP contribution in [0.3, 0.4) is 0 Å². The molecule has 1 unspecified atom stereocenters. The molecule has 0 radical (unpaired) electrons. The highest BCUT2D eigenvalue weighted by Crippen LogP contribution is 2.26. The molecular weight excluding hydrogens is 216 g/mol. The van der Waals surface area contributed by atoms with E-state index in [9.17, 15) is 9.59 Å². The lowest BCUT2D eigenvalue weighted by atomic mass is 10.2. The van der Waals surface area contributed by atoms with Crippen molar-refractivity contribution in [2.75, 3.05) is 13.1 Å². The van der Waals surface area contributed by atoms with Crippen LogP contribution in [0.5, 0.6) is 0 Å². The van der Waals surface area contributed by atoms with Gasteiger partial charge < -0.3 is 10.6 Å². The SMILES string of the molecule is CCCNC(=O)CCCC(=O)NCC1C=C1C. The maximum absolute atomic E-state index is 11.4. The van der Waals surface area contributed by atoms with Crippen molar-refractivity contribution in [3.8, 4) is 0 Å². The van der Waals surface area contributed by atoms with Crippen LogP contribution < -0.4 is 10.6 Å². The van der Waals surface area contributed by atoms with E-state index in [0.29, 0.717) is 31.7 Å². The van der Waals surface area contributed by atoms with Gasteiger partial charge in [0, 0.05) is 31.8 Å². The van der Waals surface area contributed by atoms with Crippen molar-refractivity contribution in [3.05, 3.63) is 11.6 Å². The van der Waals surface area contributed by atoms with Gasteiger partial charge in [-0.2, -0.15) is 0 Å². The van der Waals surface area contributed by atoms with Crippen LogP contribution in [0, 0.1) is 5.92 Å². The Hall–Kier alpha value is -1.32. The molecule has 0 heterocycles. The Morgan fingerprint density at radius 3 is 2.35 bits per heavy atom. The zero-order valence-corrected chi connectivity index (χ0v) is 10.7. The van der Waals surface area contributed by atoms with Gasteiger partial charge in [0.15, 0.2) is 0 Å². The molecule has 0 fully saturated rings. The van der Waals surface area contributed by atoms with Crippen molar-refractivity contribution in [2.45, 2.75) is 39.5 Å². The summed E-state index contributed by atoms with van der Waals surface area (Å²) in [7, 11) is 0. The molecule has 4 nitrogen and oxygen atoms in total. The molecule has 0 aromatic heterocycles. The van der Waals surface area contributed by atoms with E-state index in [0.717, 1.165) is 13.0 Å². The lowest BCUT2D eigenvalue weighted by molar-refractivity contribution is -0.122. The first-order valence-electron chi connectivity index (χ1n) is 6.35. The van der Waals surface area contributed by atoms with Crippen molar-refractivity contribution in [2.24, 2.45) is 5.92 Å². The van der Waals surface area contributed by atoms with E-state index in [1.807, 2.05) is 6.92 Å². The highest BCUT2D eigenvalue weighted by atomic mass is 16.2. The van der Waals surface area contributed by atoms with Crippen molar-refractivity contribution < 1.29 is 9.59 Å². The van der Waals surface area contributed by atoms with Crippen LogP contribution in [-0.2, 0) is 9.59 Å². The first kappa shape index (κ1) is 13.7. The maximum Gasteiger partial charge on any atom is 0.220 e. The van der Waals surface area contributed by atoms with Crippen LogP contribution in [0.15, 0.2) is 11.6 Å². The lowest BCUT2D eigenvalue weighted by Crippen LogP contribution is -2.27. The third kappa shape index (κ3) is 6.09. The number of nitrogens with one attached hydrogen (secondary N) is 2. The number of rotatable bonds is 8. The quantitative estimate of drug-likeness (QED) is 0.628. The molecule has 0 saturated carbocycles. The molecule has 0 aliphatic heterocycles. The Balaban J connectivity index is 1.94. The fourth-order valence-electron chi connectivity index (χ4n) is 1.56. The number of hydrogen-bond donors (Lipinski definition) is 2. The number of amides is 2. The summed E-state index contributed by atoms with van der Waals surface area (Å²) in [6.45, 7) is 5.51. The van der Waals surface area contributed by atoms with Crippen molar-refractivity contribution in [1.82, 2.24) is 10.6 Å². The Bertz CT molecular complexity index is 311. The largest absolute Gasteiger partial charge is 0.356 e. The maximum atomic E-state index is 11.4. The van der Waals surface area contributed by atoms with Gasteiger partial charge in [0.25, 0.3) is 0 Å². The molecule has 1 atom stereocenters. The van der Waals surface area contributed by atoms with Crippen molar-refractivity contribution >= 4 is 11.8 Å². The van der Waals surface area contributed by atoms with Crippen LogP contribution in [0.1, 0.15) is 39.5 Å². The van der Waals surface area contributed by atoms with Gasteiger partial charge in [0.2, 0.25) is 11.8 Å². The average Bonchev–Trinajstić information content (AvgIpc) is 3.00. The second-order valence-corrected chi connectivity index (χ2v) is 4.52. The van der Waals surface area contributed by atoms with E-state index in [1.54, 1.807) is 0 Å². The highest BCUT2D eigenvalue weighted by molar-refractivity contribution is 5.78. The number of carbonyl (C=O) groups excluding carboxylic acids is 2. The molecule has 0 saturated heterocycles. The van der Waals surface area contributed by atoms with Crippen molar-refractivity contribution in [3.63, 3.8) is 0 Å². The predicted molar refractivity (Wildman–Crippen MR) is 67.4 cm³/mol. The molecular formula is C13H22N2O2. The van der Waals surface area contributed by atoms with Gasteiger partial charge in [0.05, 0.1) is 0 Å². The Labute approximate surface area is 103 Å². The third-order valence-corrected chi connectivity index (χ3v) is 2.84.